The normalized spacial score (nSPS) is 12.2. The summed E-state index contributed by atoms with van der Waals surface area (Å²) in [6.07, 6.45) is 2.47. The van der Waals surface area contributed by atoms with Gasteiger partial charge in [-0.15, -0.1) is 11.3 Å². The quantitative estimate of drug-likeness (QED) is 0.442. The molecule has 0 aliphatic heterocycles. The first-order chi connectivity index (χ1) is 14.7. The van der Waals surface area contributed by atoms with Gasteiger partial charge >= 0.3 is 5.97 Å². The molecule has 166 valence electrons. The highest BCUT2D eigenvalue weighted by molar-refractivity contribution is 7.07. The summed E-state index contributed by atoms with van der Waals surface area (Å²) in [6.45, 7) is 9.78. The van der Waals surface area contributed by atoms with Gasteiger partial charge in [-0.25, -0.2) is 9.18 Å². The van der Waals surface area contributed by atoms with E-state index >= 15 is 0 Å². The van der Waals surface area contributed by atoms with Crippen LogP contribution in [0.1, 0.15) is 26.3 Å². The number of halogens is 2. The van der Waals surface area contributed by atoms with E-state index in [2.05, 4.69) is 6.58 Å². The van der Waals surface area contributed by atoms with Gasteiger partial charge in [-0.1, -0.05) is 29.8 Å². The van der Waals surface area contributed by atoms with E-state index < -0.39 is 17.3 Å². The second-order valence-corrected chi connectivity index (χ2v) is 8.21. The second-order valence-electron chi connectivity index (χ2n) is 6.74. The van der Waals surface area contributed by atoms with Crippen LogP contribution >= 0.6 is 22.9 Å². The average molecular weight is 467 g/mol. The van der Waals surface area contributed by atoms with Crippen LogP contribution in [0.5, 0.6) is 0 Å². The molecule has 0 saturated carbocycles. The molecule has 0 N–H and O–H groups in total. The molecule has 0 aliphatic carbocycles. The number of hydrogen-bond donors (Lipinski definition) is 0. The molecule has 0 aliphatic rings. The predicted octanol–water partition coefficient (Wildman–Crippen LogP) is 2.30. The van der Waals surface area contributed by atoms with Crippen molar-refractivity contribution in [2.75, 3.05) is 19.7 Å². The number of esters is 1. The summed E-state index contributed by atoms with van der Waals surface area (Å²) in [7, 11) is 0. The highest BCUT2D eigenvalue weighted by atomic mass is 35.5. The molecule has 0 bridgehead atoms. The molecule has 0 saturated heterocycles. The lowest BCUT2D eigenvalue weighted by atomic mass is 10.2. The summed E-state index contributed by atoms with van der Waals surface area (Å²) < 4.78 is 20.7. The maximum Gasteiger partial charge on any atom is 0.333 e. The van der Waals surface area contributed by atoms with Crippen molar-refractivity contribution in [3.05, 3.63) is 66.3 Å². The van der Waals surface area contributed by atoms with Crippen LogP contribution < -0.4 is 14.8 Å². The number of thiazole rings is 1. The molecule has 1 aromatic heterocycles. The maximum absolute atomic E-state index is 14.2. The number of hydrogen-bond acceptors (Lipinski definition) is 5. The Morgan fingerprint density at radius 1 is 1.35 bits per heavy atom. The Kier molecular flexibility index (Phi) is 8.76. The SMILES string of the molecule is C=C(C)CN(CC)C(=O)Cn1c(=O)/c(=C/c2c(F)cccc2Cl)s/c1=C\C(=O)OCC. The smallest absolute Gasteiger partial charge is 0.333 e. The van der Waals surface area contributed by atoms with E-state index in [0.717, 1.165) is 23.0 Å². The fourth-order valence-corrected chi connectivity index (χ4v) is 4.02. The summed E-state index contributed by atoms with van der Waals surface area (Å²) in [5.74, 6) is -1.54. The van der Waals surface area contributed by atoms with Crippen molar-refractivity contribution in [3.63, 3.8) is 0 Å². The minimum atomic E-state index is -0.644. The van der Waals surface area contributed by atoms with Gasteiger partial charge in [0.15, 0.2) is 0 Å². The van der Waals surface area contributed by atoms with E-state index in [1.54, 1.807) is 18.7 Å². The Labute approximate surface area is 188 Å². The van der Waals surface area contributed by atoms with Gasteiger partial charge in [0, 0.05) is 18.7 Å². The minimum Gasteiger partial charge on any atom is -0.463 e. The topological polar surface area (TPSA) is 68.6 Å². The number of ether oxygens (including phenoxy) is 1. The Balaban J connectivity index is 2.62. The molecule has 0 spiro atoms. The third kappa shape index (κ3) is 6.38. The summed E-state index contributed by atoms with van der Waals surface area (Å²) in [5.41, 5.74) is 0.329. The van der Waals surface area contributed by atoms with E-state index in [4.69, 9.17) is 16.3 Å². The van der Waals surface area contributed by atoms with Gasteiger partial charge < -0.3 is 9.64 Å². The van der Waals surface area contributed by atoms with Crippen molar-refractivity contribution in [3.8, 4) is 0 Å². The molecule has 31 heavy (non-hydrogen) atoms. The molecular formula is C22H24ClFN2O4S. The summed E-state index contributed by atoms with van der Waals surface area (Å²) in [4.78, 5) is 39.4. The van der Waals surface area contributed by atoms with Crippen molar-refractivity contribution in [1.82, 2.24) is 9.47 Å². The van der Waals surface area contributed by atoms with E-state index in [0.29, 0.717) is 13.1 Å². The number of nitrogens with zero attached hydrogens (tertiary/aromatic N) is 2. The summed E-state index contributed by atoms with van der Waals surface area (Å²) >= 11 is 7.02. The van der Waals surface area contributed by atoms with Crippen LogP contribution in [-0.4, -0.2) is 41.0 Å². The lowest BCUT2D eigenvalue weighted by Crippen LogP contribution is -2.41. The number of benzene rings is 1. The van der Waals surface area contributed by atoms with Gasteiger partial charge in [0.2, 0.25) is 5.91 Å². The maximum atomic E-state index is 14.2. The first-order valence-corrected chi connectivity index (χ1v) is 10.8. The van der Waals surface area contributed by atoms with Crippen LogP contribution in [0, 0.1) is 5.82 Å². The number of amides is 1. The zero-order valence-corrected chi connectivity index (χ0v) is 19.2. The fraction of sp³-hybridized carbons (Fsp3) is 0.318. The van der Waals surface area contributed by atoms with Crippen LogP contribution in [0.3, 0.4) is 0 Å². The number of carbonyl (C=O) groups excluding carboxylic acids is 2. The van der Waals surface area contributed by atoms with Crippen LogP contribution in [0.25, 0.3) is 12.2 Å². The lowest BCUT2D eigenvalue weighted by Gasteiger charge is -2.21. The number of aromatic nitrogens is 1. The minimum absolute atomic E-state index is 0.0566. The zero-order valence-electron chi connectivity index (χ0n) is 17.6. The number of likely N-dealkylation sites (N-methyl/N-ethyl adjacent to an activating group) is 1. The predicted molar refractivity (Wildman–Crippen MR) is 121 cm³/mol. The highest BCUT2D eigenvalue weighted by Crippen LogP contribution is 2.19. The Bertz CT molecular complexity index is 1150. The van der Waals surface area contributed by atoms with Crippen LogP contribution in [0.2, 0.25) is 5.02 Å². The average Bonchev–Trinajstić information content (AvgIpc) is 2.97. The van der Waals surface area contributed by atoms with Crippen molar-refractivity contribution < 1.29 is 18.7 Å². The molecule has 6 nitrogen and oxygen atoms in total. The Morgan fingerprint density at radius 3 is 2.65 bits per heavy atom. The van der Waals surface area contributed by atoms with E-state index in [-0.39, 0.29) is 38.8 Å². The molecule has 1 aromatic carbocycles. The molecule has 0 fully saturated rings. The molecule has 0 unspecified atom stereocenters. The van der Waals surface area contributed by atoms with Gasteiger partial charge in [-0.2, -0.15) is 0 Å². The third-order valence-corrected chi connectivity index (χ3v) is 5.62. The molecule has 1 amide bonds. The molecule has 2 rings (SSSR count). The highest BCUT2D eigenvalue weighted by Gasteiger charge is 2.16. The van der Waals surface area contributed by atoms with E-state index in [1.165, 1.54) is 28.8 Å². The molecule has 0 radical (unpaired) electrons. The molecule has 1 heterocycles. The van der Waals surface area contributed by atoms with Gasteiger partial charge in [-0.3, -0.25) is 14.2 Å². The zero-order chi connectivity index (χ0) is 23.1. The first kappa shape index (κ1) is 24.6. The van der Waals surface area contributed by atoms with E-state index in [1.807, 2.05) is 6.92 Å². The molecular weight excluding hydrogens is 443 g/mol. The monoisotopic (exact) mass is 466 g/mol. The largest absolute Gasteiger partial charge is 0.463 e. The van der Waals surface area contributed by atoms with Gasteiger partial charge in [0.1, 0.15) is 17.0 Å². The second kappa shape index (κ2) is 11.1. The standard InChI is InChI=1S/C22H24ClFN2O4S/c1-5-25(12-14(3)4)19(27)13-26-20(11-21(28)30-6-2)31-18(22(26)29)10-15-16(23)8-7-9-17(15)24/h7-11H,3,5-6,12-13H2,1-2,4H3/b18-10-,20-11-. The molecule has 0 atom stereocenters. The van der Waals surface area contributed by atoms with Crippen molar-refractivity contribution in [2.45, 2.75) is 27.3 Å². The Hall–Kier alpha value is -2.71. The van der Waals surface area contributed by atoms with Crippen LogP contribution in [0.15, 0.2) is 35.1 Å². The van der Waals surface area contributed by atoms with Gasteiger partial charge in [-0.05, 0) is 39.0 Å². The number of rotatable bonds is 8. The summed E-state index contributed by atoms with van der Waals surface area (Å²) in [6, 6.07) is 4.20. The van der Waals surface area contributed by atoms with Crippen LogP contribution in [-0.2, 0) is 20.9 Å². The fourth-order valence-electron chi connectivity index (χ4n) is 2.79. The first-order valence-electron chi connectivity index (χ1n) is 9.63. The van der Waals surface area contributed by atoms with E-state index in [9.17, 15) is 18.8 Å². The summed E-state index contributed by atoms with van der Waals surface area (Å²) in [5, 5.41) is 0.143. The molecule has 9 heteroatoms. The lowest BCUT2D eigenvalue weighted by molar-refractivity contribution is -0.135. The van der Waals surface area contributed by atoms with Crippen molar-refractivity contribution >= 4 is 47.0 Å². The Morgan fingerprint density at radius 2 is 2.06 bits per heavy atom. The molecule has 2 aromatic rings. The van der Waals surface area contributed by atoms with Crippen molar-refractivity contribution in [1.29, 1.82) is 0 Å². The van der Waals surface area contributed by atoms with Gasteiger partial charge in [0.05, 0.1) is 22.2 Å². The van der Waals surface area contributed by atoms with Crippen molar-refractivity contribution in [2.24, 2.45) is 0 Å². The van der Waals surface area contributed by atoms with Gasteiger partial charge in [0.25, 0.3) is 5.56 Å². The third-order valence-electron chi connectivity index (χ3n) is 4.23. The number of carbonyl (C=O) groups is 2. The van der Waals surface area contributed by atoms with Crippen LogP contribution in [0.4, 0.5) is 4.39 Å².